The van der Waals surface area contributed by atoms with E-state index in [0.717, 1.165) is 6.42 Å². The van der Waals surface area contributed by atoms with Gasteiger partial charge in [-0.3, -0.25) is 10.1 Å². The topological polar surface area (TPSA) is 94.5 Å². The molecular formula is C10H16N4O3. The Kier molecular flexibility index (Phi) is 4.65. The fourth-order valence-electron chi connectivity index (χ4n) is 1.43. The summed E-state index contributed by atoms with van der Waals surface area (Å²) < 4.78 is 4.92. The average molecular weight is 240 g/mol. The third kappa shape index (κ3) is 3.56. The second-order valence-corrected chi connectivity index (χ2v) is 3.60. The Hall–Kier alpha value is -1.89. The molecule has 7 nitrogen and oxygen atoms in total. The van der Waals surface area contributed by atoms with Crippen molar-refractivity contribution in [3.05, 3.63) is 22.2 Å². The monoisotopic (exact) mass is 240 g/mol. The standard InChI is InChI=1S/C10H16N4O3/c1-13(6-3-7-17-2)10-8(14(15)16)4-5-9(11)12-10/h4-5H,3,6-7H2,1-2H3,(H2,11,12). The van der Waals surface area contributed by atoms with E-state index in [9.17, 15) is 10.1 Å². The van der Waals surface area contributed by atoms with E-state index < -0.39 is 4.92 Å². The van der Waals surface area contributed by atoms with Crippen LogP contribution in [0.3, 0.4) is 0 Å². The van der Waals surface area contributed by atoms with Crippen LogP contribution in [0.1, 0.15) is 6.42 Å². The molecule has 0 aliphatic heterocycles. The summed E-state index contributed by atoms with van der Waals surface area (Å²) in [5.74, 6) is 0.551. The number of aromatic nitrogens is 1. The predicted octanol–water partition coefficient (Wildman–Crippen LogP) is 1.04. The first-order chi connectivity index (χ1) is 8.06. The quantitative estimate of drug-likeness (QED) is 0.453. The van der Waals surface area contributed by atoms with Crippen molar-refractivity contribution in [2.45, 2.75) is 6.42 Å². The second-order valence-electron chi connectivity index (χ2n) is 3.60. The molecule has 0 aliphatic rings. The van der Waals surface area contributed by atoms with Crippen LogP contribution in [0.2, 0.25) is 0 Å². The molecule has 17 heavy (non-hydrogen) atoms. The summed E-state index contributed by atoms with van der Waals surface area (Å²) in [5, 5.41) is 10.8. The normalized spacial score (nSPS) is 10.2. The van der Waals surface area contributed by atoms with E-state index in [1.165, 1.54) is 12.1 Å². The van der Waals surface area contributed by atoms with E-state index in [0.29, 0.717) is 13.2 Å². The average Bonchev–Trinajstić information content (AvgIpc) is 2.28. The minimum Gasteiger partial charge on any atom is -0.385 e. The van der Waals surface area contributed by atoms with E-state index in [4.69, 9.17) is 10.5 Å². The summed E-state index contributed by atoms with van der Waals surface area (Å²) in [6.45, 7) is 1.21. The third-order valence-corrected chi connectivity index (χ3v) is 2.28. The molecule has 1 aromatic rings. The number of hydrogen-bond donors (Lipinski definition) is 1. The highest BCUT2D eigenvalue weighted by Crippen LogP contribution is 2.25. The smallest absolute Gasteiger partial charge is 0.311 e. The lowest BCUT2D eigenvalue weighted by atomic mass is 10.3. The van der Waals surface area contributed by atoms with Crippen molar-refractivity contribution < 1.29 is 9.66 Å². The molecule has 94 valence electrons. The van der Waals surface area contributed by atoms with Gasteiger partial charge in [0.1, 0.15) is 5.82 Å². The number of rotatable bonds is 6. The van der Waals surface area contributed by atoms with Crippen molar-refractivity contribution >= 4 is 17.3 Å². The fraction of sp³-hybridized carbons (Fsp3) is 0.500. The Morgan fingerprint density at radius 3 is 2.88 bits per heavy atom. The molecule has 0 aliphatic carbocycles. The van der Waals surface area contributed by atoms with Crippen molar-refractivity contribution in [3.63, 3.8) is 0 Å². The van der Waals surface area contributed by atoms with Crippen molar-refractivity contribution in [1.82, 2.24) is 4.98 Å². The second kappa shape index (κ2) is 6.00. The number of ether oxygens (including phenoxy) is 1. The zero-order valence-electron chi connectivity index (χ0n) is 9.92. The number of nitrogens with zero attached hydrogens (tertiary/aromatic N) is 3. The van der Waals surface area contributed by atoms with Gasteiger partial charge in [-0.15, -0.1) is 0 Å². The molecular weight excluding hydrogens is 224 g/mol. The van der Waals surface area contributed by atoms with Gasteiger partial charge in [0.05, 0.1) is 4.92 Å². The van der Waals surface area contributed by atoms with Gasteiger partial charge in [0, 0.05) is 33.4 Å². The van der Waals surface area contributed by atoms with Gasteiger partial charge in [0.25, 0.3) is 0 Å². The van der Waals surface area contributed by atoms with Crippen molar-refractivity contribution in [2.24, 2.45) is 0 Å². The number of pyridine rings is 1. The molecule has 1 rings (SSSR count). The summed E-state index contributed by atoms with van der Waals surface area (Å²) in [5.41, 5.74) is 5.49. The van der Waals surface area contributed by atoms with Crippen LogP contribution in [-0.4, -0.2) is 37.2 Å². The molecule has 0 saturated carbocycles. The van der Waals surface area contributed by atoms with Gasteiger partial charge in [0.15, 0.2) is 0 Å². The molecule has 1 aromatic heterocycles. The lowest BCUT2D eigenvalue weighted by molar-refractivity contribution is -0.384. The fourth-order valence-corrected chi connectivity index (χ4v) is 1.43. The Labute approximate surface area is 99.3 Å². The van der Waals surface area contributed by atoms with Crippen LogP contribution < -0.4 is 10.6 Å². The molecule has 0 atom stereocenters. The van der Waals surface area contributed by atoms with E-state index in [1.807, 2.05) is 0 Å². The Balaban J connectivity index is 2.86. The number of nitrogens with two attached hydrogens (primary N) is 1. The summed E-state index contributed by atoms with van der Waals surface area (Å²) in [7, 11) is 3.35. The van der Waals surface area contributed by atoms with Gasteiger partial charge >= 0.3 is 5.69 Å². The third-order valence-electron chi connectivity index (χ3n) is 2.28. The maximum Gasteiger partial charge on any atom is 0.311 e. The SMILES string of the molecule is COCCCN(C)c1nc(N)ccc1[N+](=O)[O-]. The van der Waals surface area contributed by atoms with Crippen LogP contribution >= 0.6 is 0 Å². The van der Waals surface area contributed by atoms with Crippen LogP contribution in [0, 0.1) is 10.1 Å². The van der Waals surface area contributed by atoms with Gasteiger partial charge < -0.3 is 15.4 Å². The van der Waals surface area contributed by atoms with Crippen LogP contribution in [0.4, 0.5) is 17.3 Å². The van der Waals surface area contributed by atoms with Crippen LogP contribution in [0.5, 0.6) is 0 Å². The minimum atomic E-state index is -0.464. The van der Waals surface area contributed by atoms with Gasteiger partial charge in [0.2, 0.25) is 5.82 Å². The van der Waals surface area contributed by atoms with Crippen molar-refractivity contribution in [2.75, 3.05) is 37.9 Å². The Morgan fingerprint density at radius 2 is 2.29 bits per heavy atom. The lowest BCUT2D eigenvalue weighted by Crippen LogP contribution is -2.22. The summed E-state index contributed by atoms with van der Waals surface area (Å²) >= 11 is 0. The molecule has 0 unspecified atom stereocenters. The molecule has 2 N–H and O–H groups in total. The van der Waals surface area contributed by atoms with Crippen LogP contribution in [-0.2, 0) is 4.74 Å². The number of methoxy groups -OCH3 is 1. The molecule has 0 saturated heterocycles. The zero-order valence-corrected chi connectivity index (χ0v) is 9.92. The molecule has 1 heterocycles. The Morgan fingerprint density at radius 1 is 1.59 bits per heavy atom. The van der Waals surface area contributed by atoms with E-state index in [2.05, 4.69) is 4.98 Å². The van der Waals surface area contributed by atoms with Crippen molar-refractivity contribution in [3.8, 4) is 0 Å². The van der Waals surface area contributed by atoms with Gasteiger partial charge in [-0.2, -0.15) is 0 Å². The van der Waals surface area contributed by atoms with E-state index in [-0.39, 0.29) is 17.3 Å². The van der Waals surface area contributed by atoms with Gasteiger partial charge in [-0.05, 0) is 12.5 Å². The Bertz CT molecular complexity index is 397. The van der Waals surface area contributed by atoms with Crippen LogP contribution in [0.15, 0.2) is 12.1 Å². The maximum atomic E-state index is 10.8. The van der Waals surface area contributed by atoms with Gasteiger partial charge in [-0.25, -0.2) is 4.98 Å². The molecule has 0 spiro atoms. The van der Waals surface area contributed by atoms with Crippen molar-refractivity contribution in [1.29, 1.82) is 0 Å². The maximum absolute atomic E-state index is 10.8. The summed E-state index contributed by atoms with van der Waals surface area (Å²) in [6.07, 6.45) is 0.765. The number of anilines is 2. The molecule has 0 amide bonds. The molecule has 0 radical (unpaired) electrons. The van der Waals surface area contributed by atoms with Crippen LogP contribution in [0.25, 0.3) is 0 Å². The highest BCUT2D eigenvalue weighted by molar-refractivity contribution is 5.60. The largest absolute Gasteiger partial charge is 0.385 e. The van der Waals surface area contributed by atoms with Gasteiger partial charge in [-0.1, -0.05) is 0 Å². The highest BCUT2D eigenvalue weighted by atomic mass is 16.6. The molecule has 0 aromatic carbocycles. The number of nitro groups is 1. The molecule has 0 bridgehead atoms. The zero-order chi connectivity index (χ0) is 12.8. The summed E-state index contributed by atoms with van der Waals surface area (Å²) in [6, 6.07) is 2.79. The first-order valence-electron chi connectivity index (χ1n) is 5.17. The minimum absolute atomic E-state index is 0.0425. The predicted molar refractivity (Wildman–Crippen MR) is 65.1 cm³/mol. The number of nitrogen functional groups attached to an aromatic ring is 1. The molecule has 7 heteroatoms. The first kappa shape index (κ1) is 13.2. The van der Waals surface area contributed by atoms with E-state index >= 15 is 0 Å². The summed E-state index contributed by atoms with van der Waals surface area (Å²) in [4.78, 5) is 16.1. The van der Waals surface area contributed by atoms with E-state index in [1.54, 1.807) is 19.1 Å². The molecule has 0 fully saturated rings. The first-order valence-corrected chi connectivity index (χ1v) is 5.17. The highest BCUT2D eigenvalue weighted by Gasteiger charge is 2.18. The number of hydrogen-bond acceptors (Lipinski definition) is 6. The lowest BCUT2D eigenvalue weighted by Gasteiger charge is -2.17.